The van der Waals surface area contributed by atoms with E-state index >= 15 is 0 Å². The minimum Gasteiger partial charge on any atom is -0.480 e. The minimum absolute atomic E-state index is 0.375. The number of hydrogen-bond acceptors (Lipinski definition) is 2. The zero-order chi connectivity index (χ0) is 10.5. The van der Waals surface area contributed by atoms with Crippen molar-refractivity contribution in [2.75, 3.05) is 34.3 Å². The third kappa shape index (κ3) is 7.64. The van der Waals surface area contributed by atoms with Crippen molar-refractivity contribution in [1.29, 1.82) is 0 Å². The van der Waals surface area contributed by atoms with Gasteiger partial charge in [0.2, 0.25) is 0 Å². The van der Waals surface area contributed by atoms with Gasteiger partial charge < -0.3 is 9.22 Å². The Labute approximate surface area is 100 Å². The van der Waals surface area contributed by atoms with Crippen LogP contribution in [0.1, 0.15) is 13.3 Å². The number of ether oxygens (including phenoxy) is 1. The number of alkyl halides is 1. The van der Waals surface area contributed by atoms with Gasteiger partial charge in [0.1, 0.15) is 13.2 Å². The van der Waals surface area contributed by atoms with Crippen LogP contribution in [0.4, 0.5) is 0 Å². The lowest BCUT2D eigenvalue weighted by Crippen LogP contribution is -2.38. The molecule has 0 rings (SSSR count). The van der Waals surface area contributed by atoms with E-state index in [9.17, 15) is 0 Å². The summed E-state index contributed by atoms with van der Waals surface area (Å²) < 4.78 is 6.77. The van der Waals surface area contributed by atoms with Crippen LogP contribution < -0.4 is 0 Å². The third-order valence-corrected chi connectivity index (χ3v) is 3.89. The van der Waals surface area contributed by atoms with E-state index in [1.54, 1.807) is 0 Å². The summed E-state index contributed by atoms with van der Waals surface area (Å²) in [5.74, 6) is 0. The molecule has 0 heterocycles. The standard InChI is InChI=1S/C9H19INOS/c1-5-8(10)9(13)12-7-6-11(2,3)4/h8H,5-7H2,1-4H3/q+1. The van der Waals surface area contributed by atoms with Crippen LogP contribution in [0.25, 0.3) is 0 Å². The largest absolute Gasteiger partial charge is 0.480 e. The van der Waals surface area contributed by atoms with Crippen molar-refractivity contribution in [3.63, 3.8) is 0 Å². The molecule has 2 nitrogen and oxygen atoms in total. The van der Waals surface area contributed by atoms with Crippen LogP contribution in [-0.4, -0.2) is 47.8 Å². The molecule has 0 aromatic rings. The predicted molar refractivity (Wildman–Crippen MR) is 69.5 cm³/mol. The van der Waals surface area contributed by atoms with Gasteiger partial charge in [-0.15, -0.1) is 0 Å². The molecule has 0 aliphatic carbocycles. The van der Waals surface area contributed by atoms with E-state index in [0.717, 1.165) is 29.1 Å². The van der Waals surface area contributed by atoms with Crippen molar-refractivity contribution in [2.24, 2.45) is 0 Å². The van der Waals surface area contributed by atoms with E-state index in [-0.39, 0.29) is 0 Å². The first-order valence-electron chi connectivity index (χ1n) is 4.48. The molecule has 0 bridgehead atoms. The van der Waals surface area contributed by atoms with E-state index in [1.165, 1.54) is 0 Å². The first-order chi connectivity index (χ1) is 5.87. The molecule has 0 N–H and O–H groups in total. The lowest BCUT2D eigenvalue weighted by Gasteiger charge is -2.24. The average molecular weight is 316 g/mol. The van der Waals surface area contributed by atoms with Crippen LogP contribution in [0, 0.1) is 0 Å². The predicted octanol–water partition coefficient (Wildman–Crippen LogP) is 2.25. The van der Waals surface area contributed by atoms with Crippen LogP contribution >= 0.6 is 34.8 Å². The highest BCUT2D eigenvalue weighted by atomic mass is 127. The maximum absolute atomic E-state index is 5.48. The molecule has 0 fully saturated rings. The Morgan fingerprint density at radius 3 is 2.38 bits per heavy atom. The molecule has 0 saturated carbocycles. The van der Waals surface area contributed by atoms with Crippen molar-refractivity contribution in [3.8, 4) is 0 Å². The molecule has 0 aliphatic heterocycles. The van der Waals surface area contributed by atoms with Gasteiger partial charge in [0.15, 0.2) is 5.05 Å². The van der Waals surface area contributed by atoms with Crippen LogP contribution in [0.3, 0.4) is 0 Å². The molecule has 0 amide bonds. The molecule has 1 atom stereocenters. The van der Waals surface area contributed by atoms with Crippen molar-refractivity contribution in [3.05, 3.63) is 0 Å². The van der Waals surface area contributed by atoms with Crippen LogP contribution in [0.15, 0.2) is 0 Å². The van der Waals surface area contributed by atoms with Gasteiger partial charge in [-0.1, -0.05) is 29.5 Å². The normalized spacial score (nSPS) is 13.9. The quantitative estimate of drug-likeness (QED) is 0.333. The number of rotatable bonds is 5. The van der Waals surface area contributed by atoms with E-state index in [4.69, 9.17) is 17.0 Å². The second-order valence-corrected chi connectivity index (χ2v) is 5.96. The smallest absolute Gasteiger partial charge is 0.172 e. The summed E-state index contributed by atoms with van der Waals surface area (Å²) in [7, 11) is 6.44. The SMILES string of the molecule is CCC(I)C(=S)OCC[N+](C)(C)C. The average Bonchev–Trinajstić information content (AvgIpc) is 2.00. The number of halogens is 1. The summed E-state index contributed by atoms with van der Waals surface area (Å²) in [6.45, 7) is 3.83. The summed E-state index contributed by atoms with van der Waals surface area (Å²) in [5, 5.41) is 0.747. The molecular formula is C9H19INOS+. The van der Waals surface area contributed by atoms with Crippen molar-refractivity contribution < 1.29 is 9.22 Å². The number of quaternary nitrogens is 1. The van der Waals surface area contributed by atoms with Gasteiger partial charge in [0.25, 0.3) is 0 Å². The summed E-state index contributed by atoms with van der Waals surface area (Å²) in [6.07, 6.45) is 1.05. The molecule has 0 radical (unpaired) electrons. The maximum Gasteiger partial charge on any atom is 0.172 e. The fraction of sp³-hybridized carbons (Fsp3) is 0.889. The summed E-state index contributed by atoms with van der Waals surface area (Å²) in [5.41, 5.74) is 0. The van der Waals surface area contributed by atoms with Crippen molar-refractivity contribution >= 4 is 39.9 Å². The van der Waals surface area contributed by atoms with Crippen molar-refractivity contribution in [1.82, 2.24) is 0 Å². The lowest BCUT2D eigenvalue weighted by atomic mass is 10.3. The van der Waals surface area contributed by atoms with Gasteiger partial charge in [0.05, 0.1) is 25.1 Å². The van der Waals surface area contributed by atoms with Crippen LogP contribution in [0.5, 0.6) is 0 Å². The summed E-state index contributed by atoms with van der Waals surface area (Å²) in [4.78, 5) is 0. The van der Waals surface area contributed by atoms with Crippen molar-refractivity contribution in [2.45, 2.75) is 17.3 Å². The van der Waals surface area contributed by atoms with E-state index in [2.05, 4.69) is 50.7 Å². The second kappa shape index (κ2) is 6.14. The van der Waals surface area contributed by atoms with Crippen LogP contribution in [-0.2, 0) is 4.74 Å². The number of nitrogens with zero attached hydrogens (tertiary/aromatic N) is 1. The fourth-order valence-electron chi connectivity index (χ4n) is 0.677. The Balaban J connectivity index is 3.60. The highest BCUT2D eigenvalue weighted by Crippen LogP contribution is 2.09. The lowest BCUT2D eigenvalue weighted by molar-refractivity contribution is -0.870. The molecular weight excluding hydrogens is 297 g/mol. The minimum atomic E-state index is 0.375. The third-order valence-electron chi connectivity index (χ3n) is 1.62. The molecule has 0 saturated heterocycles. The van der Waals surface area contributed by atoms with Gasteiger partial charge >= 0.3 is 0 Å². The fourth-order valence-corrected chi connectivity index (χ4v) is 1.11. The Hall–Kier alpha value is 0.580. The molecule has 13 heavy (non-hydrogen) atoms. The van der Waals surface area contributed by atoms with Crippen LogP contribution in [0.2, 0.25) is 0 Å². The molecule has 0 aromatic heterocycles. The number of thiocarbonyl (C=S) groups is 1. The Morgan fingerprint density at radius 1 is 1.46 bits per heavy atom. The topological polar surface area (TPSA) is 9.23 Å². The van der Waals surface area contributed by atoms with E-state index < -0.39 is 0 Å². The first-order valence-corrected chi connectivity index (χ1v) is 6.13. The Morgan fingerprint density at radius 2 is 2.00 bits per heavy atom. The molecule has 0 aromatic carbocycles. The van der Waals surface area contributed by atoms with E-state index in [0.29, 0.717) is 3.92 Å². The van der Waals surface area contributed by atoms with Gasteiger partial charge in [0, 0.05) is 0 Å². The maximum atomic E-state index is 5.48. The molecule has 78 valence electrons. The zero-order valence-corrected chi connectivity index (χ0v) is 11.8. The Kier molecular flexibility index (Phi) is 6.41. The molecule has 4 heteroatoms. The molecule has 1 unspecified atom stereocenters. The Bertz CT molecular complexity index is 167. The number of hydrogen-bond donors (Lipinski definition) is 0. The van der Waals surface area contributed by atoms with Gasteiger partial charge in [-0.2, -0.15) is 0 Å². The monoisotopic (exact) mass is 316 g/mol. The second-order valence-electron chi connectivity index (χ2n) is 4.06. The highest BCUT2D eigenvalue weighted by molar-refractivity contribution is 14.1. The summed E-state index contributed by atoms with van der Waals surface area (Å²) in [6, 6.07) is 0. The zero-order valence-electron chi connectivity index (χ0n) is 8.84. The molecule has 0 aliphatic rings. The van der Waals surface area contributed by atoms with Gasteiger partial charge in [-0.05, 0) is 18.6 Å². The van der Waals surface area contributed by atoms with E-state index in [1.807, 2.05) is 0 Å². The molecule has 0 spiro atoms. The van der Waals surface area contributed by atoms with Gasteiger partial charge in [-0.3, -0.25) is 0 Å². The first kappa shape index (κ1) is 13.6. The highest BCUT2D eigenvalue weighted by Gasteiger charge is 2.11. The number of likely N-dealkylation sites (N-methyl/N-ethyl adjacent to an activating group) is 1. The summed E-state index contributed by atoms with van der Waals surface area (Å²) >= 11 is 7.45. The van der Waals surface area contributed by atoms with Gasteiger partial charge in [-0.25, -0.2) is 0 Å².